The normalized spacial score (nSPS) is 14.7. The van der Waals surface area contributed by atoms with E-state index in [0.29, 0.717) is 6.04 Å². The molecule has 0 radical (unpaired) electrons. The maximum absolute atomic E-state index is 11.1. The first-order valence-corrected chi connectivity index (χ1v) is 8.26. The van der Waals surface area contributed by atoms with Crippen LogP contribution in [0, 0.1) is 6.92 Å². The molecule has 2 heterocycles. The van der Waals surface area contributed by atoms with Crippen LogP contribution in [0.15, 0.2) is 24.4 Å². The van der Waals surface area contributed by atoms with E-state index in [1.54, 1.807) is 6.26 Å². The van der Waals surface area contributed by atoms with Crippen LogP contribution in [0.4, 0.5) is 0 Å². The summed E-state index contributed by atoms with van der Waals surface area (Å²) in [5.74, 6) is 0.750. The summed E-state index contributed by atoms with van der Waals surface area (Å²) in [6, 6.07) is 6.39. The topological polar surface area (TPSA) is 46.4 Å². The van der Waals surface area contributed by atoms with Crippen LogP contribution in [0.25, 0.3) is 5.65 Å². The van der Waals surface area contributed by atoms with Crippen LogP contribution in [0.2, 0.25) is 0 Å². The van der Waals surface area contributed by atoms with Crippen LogP contribution in [0.1, 0.15) is 24.7 Å². The number of hydrogen-bond acceptors (Lipinski definition) is 3. The number of rotatable bonds is 6. The molecule has 5 heteroatoms. The minimum atomic E-state index is -0.711. The zero-order valence-corrected chi connectivity index (χ0v) is 12.5. The van der Waals surface area contributed by atoms with Gasteiger partial charge in [-0.1, -0.05) is 6.07 Å². The Morgan fingerprint density at radius 1 is 1.47 bits per heavy atom. The monoisotopic (exact) mass is 279 g/mol. The van der Waals surface area contributed by atoms with E-state index in [0.717, 1.165) is 30.1 Å². The summed E-state index contributed by atoms with van der Waals surface area (Å²) in [5.41, 5.74) is 3.24. The smallest absolute Gasteiger partial charge is 0.137 e. The van der Waals surface area contributed by atoms with Crippen LogP contribution in [0.5, 0.6) is 0 Å². The second-order valence-corrected chi connectivity index (χ2v) is 6.48. The molecular weight excluding hydrogens is 258 g/mol. The molecule has 2 atom stereocenters. The van der Waals surface area contributed by atoms with Crippen molar-refractivity contribution in [3.8, 4) is 0 Å². The van der Waals surface area contributed by atoms with E-state index >= 15 is 0 Å². The lowest BCUT2D eigenvalue weighted by Gasteiger charge is -2.13. The summed E-state index contributed by atoms with van der Waals surface area (Å²) in [7, 11) is -0.711. The van der Waals surface area contributed by atoms with Gasteiger partial charge in [0.15, 0.2) is 0 Å². The minimum absolute atomic E-state index is 0.359. The SMILES string of the molecule is Cc1nc2ccccn2c1CNC(C)CCS(C)=O. The highest BCUT2D eigenvalue weighted by atomic mass is 32.2. The number of hydrogen-bond donors (Lipinski definition) is 1. The quantitative estimate of drug-likeness (QED) is 0.878. The van der Waals surface area contributed by atoms with Crippen LogP contribution in [0.3, 0.4) is 0 Å². The first-order chi connectivity index (χ1) is 9.08. The summed E-state index contributed by atoms with van der Waals surface area (Å²) in [6.07, 6.45) is 4.72. The molecule has 0 aromatic carbocycles. The Labute approximate surface area is 116 Å². The van der Waals surface area contributed by atoms with Crippen molar-refractivity contribution in [2.75, 3.05) is 12.0 Å². The van der Waals surface area contributed by atoms with Crippen molar-refractivity contribution in [1.82, 2.24) is 14.7 Å². The fourth-order valence-electron chi connectivity index (χ4n) is 2.09. The molecule has 0 aliphatic heterocycles. The summed E-state index contributed by atoms with van der Waals surface area (Å²) in [6.45, 7) is 4.95. The standard InChI is InChI=1S/C14H21N3OS/c1-11(7-9-19(3)18)15-10-13-12(2)16-14-6-4-5-8-17(13)14/h4-6,8,11,15H,7,9-10H2,1-3H3. The molecule has 0 saturated heterocycles. The third-order valence-corrected chi connectivity index (χ3v) is 4.10. The molecule has 104 valence electrons. The second kappa shape index (κ2) is 6.30. The van der Waals surface area contributed by atoms with Crippen LogP contribution < -0.4 is 5.32 Å². The molecule has 0 fully saturated rings. The summed E-state index contributed by atoms with van der Waals surface area (Å²) >= 11 is 0. The zero-order valence-electron chi connectivity index (χ0n) is 11.7. The molecular formula is C14H21N3OS. The Morgan fingerprint density at radius 2 is 2.26 bits per heavy atom. The van der Waals surface area contributed by atoms with Gasteiger partial charge >= 0.3 is 0 Å². The van der Waals surface area contributed by atoms with E-state index in [2.05, 4.69) is 21.6 Å². The van der Waals surface area contributed by atoms with Crippen molar-refractivity contribution in [2.24, 2.45) is 0 Å². The van der Waals surface area contributed by atoms with E-state index in [-0.39, 0.29) is 0 Å². The molecule has 1 N–H and O–H groups in total. The van der Waals surface area contributed by atoms with E-state index in [4.69, 9.17) is 0 Å². The third-order valence-electron chi connectivity index (χ3n) is 3.29. The van der Waals surface area contributed by atoms with Gasteiger partial charge in [0.1, 0.15) is 5.65 Å². The highest BCUT2D eigenvalue weighted by Gasteiger charge is 2.09. The lowest BCUT2D eigenvalue weighted by Crippen LogP contribution is -2.27. The minimum Gasteiger partial charge on any atom is -0.309 e. The Bertz CT molecular complexity index is 579. The number of aryl methyl sites for hydroxylation is 1. The summed E-state index contributed by atoms with van der Waals surface area (Å²) < 4.78 is 13.2. The fraction of sp³-hybridized carbons (Fsp3) is 0.500. The molecule has 2 unspecified atom stereocenters. The van der Waals surface area contributed by atoms with Gasteiger partial charge in [0.2, 0.25) is 0 Å². The highest BCUT2D eigenvalue weighted by molar-refractivity contribution is 7.84. The van der Waals surface area contributed by atoms with Gasteiger partial charge in [0.05, 0.1) is 11.4 Å². The lowest BCUT2D eigenvalue weighted by atomic mass is 10.2. The van der Waals surface area contributed by atoms with Crippen molar-refractivity contribution in [1.29, 1.82) is 0 Å². The number of aromatic nitrogens is 2. The molecule has 19 heavy (non-hydrogen) atoms. The van der Waals surface area contributed by atoms with Crippen molar-refractivity contribution in [2.45, 2.75) is 32.9 Å². The highest BCUT2D eigenvalue weighted by Crippen LogP contribution is 2.11. The second-order valence-electron chi connectivity index (χ2n) is 4.92. The molecule has 0 amide bonds. The molecule has 4 nitrogen and oxygen atoms in total. The van der Waals surface area contributed by atoms with E-state index in [1.807, 2.05) is 31.3 Å². The molecule has 2 aromatic heterocycles. The number of nitrogens with one attached hydrogen (secondary N) is 1. The van der Waals surface area contributed by atoms with Crippen molar-refractivity contribution < 1.29 is 4.21 Å². The van der Waals surface area contributed by atoms with Crippen LogP contribution >= 0.6 is 0 Å². The zero-order chi connectivity index (χ0) is 13.8. The number of pyridine rings is 1. The van der Waals surface area contributed by atoms with Crippen molar-refractivity contribution in [3.05, 3.63) is 35.8 Å². The van der Waals surface area contributed by atoms with Gasteiger partial charge in [0, 0.05) is 41.6 Å². The molecule has 0 aliphatic carbocycles. The van der Waals surface area contributed by atoms with E-state index in [9.17, 15) is 4.21 Å². The molecule has 0 spiro atoms. The van der Waals surface area contributed by atoms with Gasteiger partial charge in [-0.25, -0.2) is 4.98 Å². The van der Waals surface area contributed by atoms with Crippen molar-refractivity contribution >= 4 is 16.4 Å². The van der Waals surface area contributed by atoms with Gasteiger partial charge < -0.3 is 9.72 Å². The fourth-order valence-corrected chi connectivity index (χ4v) is 2.78. The predicted molar refractivity (Wildman–Crippen MR) is 79.8 cm³/mol. The molecule has 2 aromatic rings. The van der Waals surface area contributed by atoms with Gasteiger partial charge in [-0.05, 0) is 32.4 Å². The van der Waals surface area contributed by atoms with Gasteiger partial charge in [-0.15, -0.1) is 0 Å². The molecule has 0 saturated carbocycles. The third kappa shape index (κ3) is 3.64. The van der Waals surface area contributed by atoms with Gasteiger partial charge in [-0.2, -0.15) is 0 Å². The summed E-state index contributed by atoms with van der Waals surface area (Å²) in [5, 5.41) is 3.48. The maximum atomic E-state index is 11.1. The van der Waals surface area contributed by atoms with E-state index < -0.39 is 10.8 Å². The Morgan fingerprint density at radius 3 is 3.00 bits per heavy atom. The Hall–Kier alpha value is -1.20. The molecule has 0 bridgehead atoms. The van der Waals surface area contributed by atoms with Gasteiger partial charge in [0.25, 0.3) is 0 Å². The van der Waals surface area contributed by atoms with E-state index in [1.165, 1.54) is 5.69 Å². The molecule has 2 rings (SSSR count). The maximum Gasteiger partial charge on any atom is 0.137 e. The van der Waals surface area contributed by atoms with Crippen molar-refractivity contribution in [3.63, 3.8) is 0 Å². The lowest BCUT2D eigenvalue weighted by molar-refractivity contribution is 0.527. The number of fused-ring (bicyclic) bond motifs is 1. The molecule has 0 aliphatic rings. The Kier molecular flexibility index (Phi) is 4.71. The largest absolute Gasteiger partial charge is 0.309 e. The first-order valence-electron chi connectivity index (χ1n) is 6.54. The van der Waals surface area contributed by atoms with Crippen LogP contribution in [-0.2, 0) is 17.3 Å². The average Bonchev–Trinajstić information content (AvgIpc) is 2.69. The predicted octanol–water partition coefficient (Wildman–Crippen LogP) is 1.89. The average molecular weight is 279 g/mol. The first kappa shape index (κ1) is 14.2. The number of nitrogens with zero attached hydrogens (tertiary/aromatic N) is 2. The summed E-state index contributed by atoms with van der Waals surface area (Å²) in [4.78, 5) is 4.54. The van der Waals surface area contributed by atoms with Crippen LogP contribution in [-0.4, -0.2) is 31.6 Å². The number of imidazole rings is 1. The Balaban J connectivity index is 2.01. The van der Waals surface area contributed by atoms with Gasteiger partial charge in [-0.3, -0.25) is 4.21 Å².